The van der Waals surface area contributed by atoms with Crippen LogP contribution in [0.5, 0.6) is 0 Å². The Morgan fingerprint density at radius 1 is 1.36 bits per heavy atom. The van der Waals surface area contributed by atoms with Crippen LogP contribution < -0.4 is 130 Å². The largest absolute Gasteiger partial charge is 1.00 e. The predicted octanol–water partition coefficient (Wildman–Crippen LogP) is -6.96. The second kappa shape index (κ2) is 12.9. The van der Waals surface area contributed by atoms with Crippen LogP contribution in [-0.2, 0) is 0 Å². The van der Waals surface area contributed by atoms with Crippen molar-refractivity contribution >= 4 is 6.16 Å². The van der Waals surface area contributed by atoms with Gasteiger partial charge in [0.2, 0.25) is 6.16 Å². The van der Waals surface area contributed by atoms with E-state index in [1.807, 2.05) is 0 Å². The molecule has 6 heteroatoms. The molecule has 0 aliphatic rings. The molecular weight excluding hydrogens is 296 g/mol. The SMILES string of the molecule is CC(C)(C)[O-].O=C([O-])O.[Cs+].[K+]. The fraction of sp³-hybridized carbons (Fsp3) is 0.800. The Morgan fingerprint density at radius 2 is 1.36 bits per heavy atom. The Hall–Kier alpha value is 2.92. The van der Waals surface area contributed by atoms with Crippen LogP contribution in [0.3, 0.4) is 0 Å². The summed E-state index contributed by atoms with van der Waals surface area (Å²) in [6.45, 7) is 4.90. The maximum atomic E-state index is 10.1. The molecule has 0 rings (SSSR count). The van der Waals surface area contributed by atoms with Gasteiger partial charge in [-0.15, -0.1) is 5.60 Å². The van der Waals surface area contributed by atoms with Gasteiger partial charge in [0.25, 0.3) is 0 Å². The number of carboxylic acid groups (broad SMARTS) is 2. The van der Waals surface area contributed by atoms with Crippen LogP contribution >= 0.6 is 0 Å². The molecule has 11 heavy (non-hydrogen) atoms. The zero-order valence-corrected chi connectivity index (χ0v) is 17.1. The van der Waals surface area contributed by atoms with Gasteiger partial charge in [0.05, 0.1) is 0 Å². The molecule has 1 N–H and O–H groups in total. The summed E-state index contributed by atoms with van der Waals surface area (Å²) in [5.41, 5.74) is -0.750. The van der Waals surface area contributed by atoms with E-state index >= 15 is 0 Å². The van der Waals surface area contributed by atoms with E-state index < -0.39 is 11.8 Å². The molecule has 0 bridgehead atoms. The monoisotopic (exact) mass is 306 g/mol. The molecule has 0 aromatic rings. The van der Waals surface area contributed by atoms with E-state index in [-0.39, 0.29) is 120 Å². The summed E-state index contributed by atoms with van der Waals surface area (Å²) in [6, 6.07) is 0. The van der Waals surface area contributed by atoms with Crippen molar-refractivity contribution in [3.05, 3.63) is 0 Å². The average Bonchev–Trinajstić information content (AvgIpc) is 1.19. The zero-order chi connectivity index (χ0) is 8.08. The first-order valence-electron chi connectivity index (χ1n) is 2.34. The van der Waals surface area contributed by atoms with Gasteiger partial charge in [0, 0.05) is 0 Å². The fourth-order valence-electron chi connectivity index (χ4n) is 0. The van der Waals surface area contributed by atoms with Crippen LogP contribution in [0.15, 0.2) is 0 Å². The van der Waals surface area contributed by atoms with Crippen molar-refractivity contribution in [1.82, 2.24) is 0 Å². The summed E-state index contributed by atoms with van der Waals surface area (Å²) in [5, 5.41) is 25.4. The van der Waals surface area contributed by atoms with Crippen LogP contribution in [0, 0.1) is 0 Å². The van der Waals surface area contributed by atoms with E-state index in [4.69, 9.17) is 15.0 Å². The summed E-state index contributed by atoms with van der Waals surface area (Å²) in [4.78, 5) is 8.44. The Balaban J connectivity index is -0.0000000383. The standard InChI is InChI=1S/C4H9O.CH2O3.Cs.K/c1-4(2,3)5;2-1(3)4;;/h1-3H3;(H2,2,3,4);;/q-1;;2*+1/p-1. The molecule has 0 saturated heterocycles. The van der Waals surface area contributed by atoms with Gasteiger partial charge in [-0.25, -0.2) is 0 Å². The summed E-state index contributed by atoms with van der Waals surface area (Å²) < 4.78 is 0. The van der Waals surface area contributed by atoms with Crippen molar-refractivity contribution in [1.29, 1.82) is 0 Å². The molecule has 0 radical (unpaired) electrons. The molecule has 56 valence electrons. The normalized spacial score (nSPS) is 7.64. The van der Waals surface area contributed by atoms with Gasteiger partial charge in [0.15, 0.2) is 0 Å². The molecule has 0 saturated carbocycles. The Labute approximate surface area is 168 Å². The van der Waals surface area contributed by atoms with E-state index in [1.165, 1.54) is 0 Å². The smallest absolute Gasteiger partial charge is 0.850 e. The van der Waals surface area contributed by atoms with Gasteiger partial charge >= 0.3 is 120 Å². The molecule has 0 amide bonds. The maximum absolute atomic E-state index is 10.1. The molecular formula is C5H10CsKO4. The first kappa shape index (κ1) is 23.6. The molecule has 0 aliphatic heterocycles. The van der Waals surface area contributed by atoms with Gasteiger partial charge in [-0.3, -0.25) is 0 Å². The number of rotatable bonds is 0. The zero-order valence-electron chi connectivity index (χ0n) is 7.67. The van der Waals surface area contributed by atoms with Crippen molar-refractivity contribution in [2.24, 2.45) is 0 Å². The molecule has 0 aromatic heterocycles. The first-order chi connectivity index (χ1) is 3.73. The topological polar surface area (TPSA) is 83.4 Å². The minimum absolute atomic E-state index is 0. The van der Waals surface area contributed by atoms with E-state index in [0.717, 1.165) is 0 Å². The van der Waals surface area contributed by atoms with Crippen LogP contribution in [0.25, 0.3) is 0 Å². The van der Waals surface area contributed by atoms with E-state index in [9.17, 15) is 5.11 Å². The second-order valence-corrected chi connectivity index (χ2v) is 2.38. The molecule has 0 spiro atoms. The first-order valence-corrected chi connectivity index (χ1v) is 2.34. The van der Waals surface area contributed by atoms with Gasteiger partial charge in [-0.2, -0.15) is 0 Å². The molecule has 0 fully saturated rings. The molecule has 0 unspecified atom stereocenters. The number of hydrogen-bond donors (Lipinski definition) is 1. The number of carbonyl (C=O) groups is 1. The number of hydrogen-bond acceptors (Lipinski definition) is 3. The van der Waals surface area contributed by atoms with Crippen molar-refractivity contribution in [2.75, 3.05) is 0 Å². The van der Waals surface area contributed by atoms with Crippen LogP contribution in [0.2, 0.25) is 0 Å². The summed E-state index contributed by atoms with van der Waals surface area (Å²) in [6.07, 6.45) is -2.08. The van der Waals surface area contributed by atoms with Crippen molar-refractivity contribution in [2.45, 2.75) is 26.4 Å². The van der Waals surface area contributed by atoms with Gasteiger partial charge in [-0.05, 0) is 0 Å². The van der Waals surface area contributed by atoms with Crippen molar-refractivity contribution in [3.63, 3.8) is 0 Å². The van der Waals surface area contributed by atoms with Gasteiger partial charge in [0.1, 0.15) is 0 Å². The Bertz CT molecular complexity index is 81.0. The molecule has 4 nitrogen and oxygen atoms in total. The van der Waals surface area contributed by atoms with Crippen LogP contribution in [-0.4, -0.2) is 16.9 Å². The van der Waals surface area contributed by atoms with E-state index in [0.29, 0.717) is 0 Å². The maximum Gasteiger partial charge on any atom is 1.00 e. The van der Waals surface area contributed by atoms with Crippen molar-refractivity contribution in [3.8, 4) is 0 Å². The minimum atomic E-state index is -2.08. The van der Waals surface area contributed by atoms with Crippen molar-refractivity contribution < 1.29 is 140 Å². The second-order valence-electron chi connectivity index (χ2n) is 2.38. The third-order valence-corrected chi connectivity index (χ3v) is 0. The van der Waals surface area contributed by atoms with E-state index in [2.05, 4.69) is 0 Å². The average molecular weight is 306 g/mol. The third-order valence-electron chi connectivity index (χ3n) is 0. The molecule has 0 aromatic carbocycles. The summed E-state index contributed by atoms with van der Waals surface area (Å²) >= 11 is 0. The predicted molar refractivity (Wildman–Crippen MR) is 27.8 cm³/mol. The summed E-state index contributed by atoms with van der Waals surface area (Å²) in [5.74, 6) is 0. The Morgan fingerprint density at radius 3 is 1.36 bits per heavy atom. The van der Waals surface area contributed by atoms with Gasteiger partial charge < -0.3 is 20.1 Å². The van der Waals surface area contributed by atoms with E-state index in [1.54, 1.807) is 20.8 Å². The van der Waals surface area contributed by atoms with Gasteiger partial charge in [-0.1, -0.05) is 20.8 Å². The fourth-order valence-corrected chi connectivity index (χ4v) is 0. The third kappa shape index (κ3) is 181. The quantitative estimate of drug-likeness (QED) is 0.451. The minimum Gasteiger partial charge on any atom is -0.850 e. The van der Waals surface area contributed by atoms with Crippen LogP contribution in [0.1, 0.15) is 20.8 Å². The summed E-state index contributed by atoms with van der Waals surface area (Å²) in [7, 11) is 0. The molecule has 0 atom stereocenters. The molecule has 0 heterocycles. The van der Waals surface area contributed by atoms with Crippen LogP contribution in [0.4, 0.5) is 4.79 Å². The Kier molecular flexibility index (Phi) is 27.7. The molecule has 0 aliphatic carbocycles.